The van der Waals surface area contributed by atoms with Crippen LogP contribution in [-0.4, -0.2) is 15.3 Å². The molecule has 3 rings (SSSR count). The first-order valence-electron chi connectivity index (χ1n) is 7.06. The fraction of sp³-hybridized carbons (Fsp3) is 0.533. The summed E-state index contributed by atoms with van der Waals surface area (Å²) < 4.78 is 1.47. The predicted octanol–water partition coefficient (Wildman–Crippen LogP) is 2.83. The minimum absolute atomic E-state index is 0.0804. The van der Waals surface area contributed by atoms with Crippen LogP contribution in [0.25, 0.3) is 10.2 Å². The van der Waals surface area contributed by atoms with E-state index >= 15 is 0 Å². The smallest absolute Gasteiger partial charge is 0.262 e. The van der Waals surface area contributed by atoms with E-state index in [1.54, 1.807) is 0 Å². The number of carbonyl (C=O) groups is 1. The Morgan fingerprint density at radius 3 is 2.80 bits per heavy atom. The molecule has 0 atom stereocenters. The van der Waals surface area contributed by atoms with Gasteiger partial charge in [-0.1, -0.05) is 12.8 Å². The highest BCUT2D eigenvalue weighted by atomic mass is 32.1. The predicted molar refractivity (Wildman–Crippen MR) is 80.3 cm³/mol. The molecule has 0 bridgehead atoms. The zero-order valence-electron chi connectivity index (χ0n) is 11.8. The Morgan fingerprint density at radius 1 is 1.40 bits per heavy atom. The van der Waals surface area contributed by atoms with Crippen molar-refractivity contribution in [3.63, 3.8) is 0 Å². The van der Waals surface area contributed by atoms with E-state index in [1.165, 1.54) is 22.2 Å². The van der Waals surface area contributed by atoms with Gasteiger partial charge >= 0.3 is 0 Å². The third-order valence-corrected chi connectivity index (χ3v) is 5.41. The van der Waals surface area contributed by atoms with Crippen LogP contribution >= 0.6 is 11.3 Å². The first-order chi connectivity index (χ1) is 9.58. The number of ketones is 1. The zero-order valence-corrected chi connectivity index (χ0v) is 12.6. The molecule has 5 heteroatoms. The molecule has 0 aromatic carbocycles. The average Bonchev–Trinajstić information content (AvgIpc) is 3.03. The molecule has 0 unspecified atom stereocenters. The summed E-state index contributed by atoms with van der Waals surface area (Å²) >= 11 is 1.54. The Kier molecular flexibility index (Phi) is 3.46. The molecule has 0 amide bonds. The number of hydrogen-bond acceptors (Lipinski definition) is 4. The van der Waals surface area contributed by atoms with E-state index in [2.05, 4.69) is 4.98 Å². The molecule has 0 spiro atoms. The molecule has 0 radical (unpaired) electrons. The minimum Gasteiger partial charge on any atom is -0.297 e. The van der Waals surface area contributed by atoms with Crippen LogP contribution in [0.4, 0.5) is 0 Å². The normalized spacial score (nSPS) is 16.1. The summed E-state index contributed by atoms with van der Waals surface area (Å²) in [6.45, 7) is 4.11. The second-order valence-corrected chi connectivity index (χ2v) is 6.79. The number of fused-ring (bicyclic) bond motifs is 1. The van der Waals surface area contributed by atoms with Gasteiger partial charge in [-0.15, -0.1) is 11.3 Å². The van der Waals surface area contributed by atoms with Gasteiger partial charge in [-0.25, -0.2) is 4.98 Å². The highest BCUT2D eigenvalue weighted by Crippen LogP contribution is 2.27. The molecule has 106 valence electrons. The lowest BCUT2D eigenvalue weighted by molar-refractivity contribution is -0.123. The maximum absolute atomic E-state index is 12.5. The molecule has 1 aliphatic carbocycles. The fourth-order valence-electron chi connectivity index (χ4n) is 2.93. The highest BCUT2D eigenvalue weighted by molar-refractivity contribution is 7.18. The molecule has 2 aromatic rings. The monoisotopic (exact) mass is 290 g/mol. The van der Waals surface area contributed by atoms with Crippen molar-refractivity contribution in [1.29, 1.82) is 0 Å². The highest BCUT2D eigenvalue weighted by Gasteiger charge is 2.23. The van der Waals surface area contributed by atoms with Gasteiger partial charge in [0, 0.05) is 10.8 Å². The second kappa shape index (κ2) is 5.13. The maximum Gasteiger partial charge on any atom is 0.262 e. The first-order valence-corrected chi connectivity index (χ1v) is 7.87. The van der Waals surface area contributed by atoms with E-state index in [9.17, 15) is 9.59 Å². The van der Waals surface area contributed by atoms with Crippen LogP contribution in [0.1, 0.15) is 36.1 Å². The van der Waals surface area contributed by atoms with Crippen LogP contribution in [0.2, 0.25) is 0 Å². The molecule has 4 nitrogen and oxygen atoms in total. The number of hydrogen-bond donors (Lipinski definition) is 0. The molecule has 1 saturated carbocycles. The molecule has 0 saturated heterocycles. The summed E-state index contributed by atoms with van der Waals surface area (Å²) in [5.74, 6) is 0.318. The number of aryl methyl sites for hydroxylation is 2. The van der Waals surface area contributed by atoms with Gasteiger partial charge in [-0.2, -0.15) is 0 Å². The number of nitrogens with zero attached hydrogens (tertiary/aromatic N) is 2. The molecule has 0 N–H and O–H groups in total. The van der Waals surface area contributed by atoms with Crippen LogP contribution in [0, 0.1) is 19.8 Å². The van der Waals surface area contributed by atoms with E-state index < -0.39 is 0 Å². The van der Waals surface area contributed by atoms with Crippen LogP contribution in [0.15, 0.2) is 11.1 Å². The Hall–Kier alpha value is -1.49. The lowest BCUT2D eigenvalue weighted by atomic mass is 10.0. The van der Waals surface area contributed by atoms with E-state index in [-0.39, 0.29) is 23.8 Å². The Labute approximate surface area is 121 Å². The third kappa shape index (κ3) is 2.20. The quantitative estimate of drug-likeness (QED) is 0.873. The lowest BCUT2D eigenvalue weighted by Gasteiger charge is -2.09. The Bertz CT molecular complexity index is 723. The maximum atomic E-state index is 12.5. The van der Waals surface area contributed by atoms with Gasteiger partial charge < -0.3 is 0 Å². The van der Waals surface area contributed by atoms with Gasteiger partial charge in [0.05, 0.1) is 18.3 Å². The van der Waals surface area contributed by atoms with Gasteiger partial charge in [-0.05, 0) is 32.3 Å². The van der Waals surface area contributed by atoms with E-state index in [0.29, 0.717) is 5.39 Å². The van der Waals surface area contributed by atoms with Gasteiger partial charge in [0.25, 0.3) is 5.56 Å². The molecule has 2 aromatic heterocycles. The largest absolute Gasteiger partial charge is 0.297 e. The fourth-order valence-corrected chi connectivity index (χ4v) is 3.91. The Morgan fingerprint density at radius 2 is 2.10 bits per heavy atom. The molecule has 2 heterocycles. The topological polar surface area (TPSA) is 52.0 Å². The van der Waals surface area contributed by atoms with Gasteiger partial charge in [0.2, 0.25) is 0 Å². The SMILES string of the molecule is Cc1sc2ncn(CC(=O)C3CCCC3)c(=O)c2c1C. The third-order valence-electron chi connectivity index (χ3n) is 4.29. The molecular formula is C15H18N2O2S. The Balaban J connectivity index is 1.96. The summed E-state index contributed by atoms with van der Waals surface area (Å²) in [4.78, 5) is 30.9. The second-order valence-electron chi connectivity index (χ2n) is 5.59. The molecular weight excluding hydrogens is 272 g/mol. The molecule has 1 aliphatic rings. The van der Waals surface area contributed by atoms with Crippen molar-refractivity contribution in [1.82, 2.24) is 9.55 Å². The number of Topliss-reactive ketones (excluding diaryl/α,β-unsaturated/α-hetero) is 1. The van der Waals surface area contributed by atoms with Crippen molar-refractivity contribution in [3.05, 3.63) is 27.1 Å². The lowest BCUT2D eigenvalue weighted by Crippen LogP contribution is -2.27. The van der Waals surface area contributed by atoms with Gasteiger partial charge in [0.1, 0.15) is 4.83 Å². The summed E-state index contributed by atoms with van der Waals surface area (Å²) in [7, 11) is 0. The molecule has 1 fully saturated rings. The van der Waals surface area contributed by atoms with Gasteiger partial charge in [-0.3, -0.25) is 14.2 Å². The van der Waals surface area contributed by atoms with Crippen LogP contribution in [0.3, 0.4) is 0 Å². The molecule has 20 heavy (non-hydrogen) atoms. The summed E-state index contributed by atoms with van der Waals surface area (Å²) in [6.07, 6.45) is 5.73. The minimum atomic E-state index is -0.0804. The number of rotatable bonds is 3. The number of aromatic nitrogens is 2. The van der Waals surface area contributed by atoms with Crippen molar-refractivity contribution in [3.8, 4) is 0 Å². The van der Waals surface area contributed by atoms with Crippen molar-refractivity contribution in [2.75, 3.05) is 0 Å². The van der Waals surface area contributed by atoms with Crippen molar-refractivity contribution in [2.45, 2.75) is 46.1 Å². The van der Waals surface area contributed by atoms with E-state index in [4.69, 9.17) is 0 Å². The van der Waals surface area contributed by atoms with Gasteiger partial charge in [0.15, 0.2) is 5.78 Å². The summed E-state index contributed by atoms with van der Waals surface area (Å²) in [5, 5.41) is 0.675. The van der Waals surface area contributed by atoms with Crippen molar-refractivity contribution >= 4 is 27.3 Å². The first kappa shape index (κ1) is 13.5. The van der Waals surface area contributed by atoms with Crippen molar-refractivity contribution in [2.24, 2.45) is 5.92 Å². The number of carbonyl (C=O) groups excluding carboxylic acids is 1. The van der Waals surface area contributed by atoms with Crippen LogP contribution in [-0.2, 0) is 11.3 Å². The summed E-state index contributed by atoms with van der Waals surface area (Å²) in [5.41, 5.74) is 0.911. The zero-order chi connectivity index (χ0) is 14.3. The van der Waals surface area contributed by atoms with E-state index in [1.807, 2.05) is 13.8 Å². The summed E-state index contributed by atoms with van der Waals surface area (Å²) in [6, 6.07) is 0. The standard InChI is InChI=1S/C15H18N2O2S/c1-9-10(2)20-14-13(9)15(19)17(8-16-14)7-12(18)11-5-3-4-6-11/h8,11H,3-7H2,1-2H3. The van der Waals surface area contributed by atoms with Crippen molar-refractivity contribution < 1.29 is 4.79 Å². The average molecular weight is 290 g/mol. The van der Waals surface area contributed by atoms with Crippen LogP contribution < -0.4 is 5.56 Å². The number of thiophene rings is 1. The molecule has 0 aliphatic heterocycles. The van der Waals surface area contributed by atoms with Crippen LogP contribution in [0.5, 0.6) is 0 Å². The van der Waals surface area contributed by atoms with E-state index in [0.717, 1.165) is 41.0 Å².